The van der Waals surface area contributed by atoms with Gasteiger partial charge in [-0.3, -0.25) is 9.88 Å². The predicted octanol–water partition coefficient (Wildman–Crippen LogP) is 2.20. The van der Waals surface area contributed by atoms with Crippen LogP contribution in [0.25, 0.3) is 0 Å². The minimum atomic E-state index is 0.507. The predicted molar refractivity (Wildman–Crippen MR) is 69.4 cm³/mol. The minimum Gasteiger partial charge on any atom is -0.314 e. The van der Waals surface area contributed by atoms with Gasteiger partial charge >= 0.3 is 0 Å². The van der Waals surface area contributed by atoms with E-state index in [1.165, 1.54) is 5.56 Å². The topological polar surface area (TPSA) is 28.2 Å². The summed E-state index contributed by atoms with van der Waals surface area (Å²) < 4.78 is 1.07. The molecule has 1 aliphatic rings. The van der Waals surface area contributed by atoms with Crippen LogP contribution in [0.3, 0.4) is 0 Å². The van der Waals surface area contributed by atoms with Gasteiger partial charge in [0.25, 0.3) is 0 Å². The number of rotatable bonds is 3. The zero-order valence-electron chi connectivity index (χ0n) is 9.62. The van der Waals surface area contributed by atoms with Crippen LogP contribution in [0, 0.1) is 0 Å². The van der Waals surface area contributed by atoms with Crippen molar-refractivity contribution in [3.63, 3.8) is 0 Å². The van der Waals surface area contributed by atoms with Gasteiger partial charge < -0.3 is 5.32 Å². The van der Waals surface area contributed by atoms with Gasteiger partial charge in [-0.05, 0) is 34.0 Å². The molecule has 2 rings (SSSR count). The summed E-state index contributed by atoms with van der Waals surface area (Å²) in [5, 5.41) is 3.39. The standard InChI is InChI=1S/C12H18BrN3/c1-2-12(16-5-3-14-4-6-16)10-7-11(13)9-15-8-10/h7-9,12,14H,2-6H2,1H3/t12-/m1/s1. The number of nitrogens with zero attached hydrogens (tertiary/aromatic N) is 2. The summed E-state index contributed by atoms with van der Waals surface area (Å²) in [4.78, 5) is 6.80. The van der Waals surface area contributed by atoms with Gasteiger partial charge in [0.05, 0.1) is 0 Å². The Morgan fingerprint density at radius 3 is 2.81 bits per heavy atom. The Labute approximate surface area is 105 Å². The molecule has 2 heterocycles. The van der Waals surface area contributed by atoms with Gasteiger partial charge in [-0.2, -0.15) is 0 Å². The summed E-state index contributed by atoms with van der Waals surface area (Å²) in [6.45, 7) is 6.69. The number of aromatic nitrogens is 1. The van der Waals surface area contributed by atoms with E-state index in [0.717, 1.165) is 37.1 Å². The Morgan fingerprint density at radius 2 is 2.19 bits per heavy atom. The SMILES string of the molecule is CC[C@H](c1cncc(Br)c1)N1CCNCC1. The van der Waals surface area contributed by atoms with Crippen molar-refractivity contribution in [3.8, 4) is 0 Å². The molecule has 4 heteroatoms. The summed E-state index contributed by atoms with van der Waals surface area (Å²) in [5.41, 5.74) is 1.32. The highest BCUT2D eigenvalue weighted by atomic mass is 79.9. The van der Waals surface area contributed by atoms with E-state index < -0.39 is 0 Å². The van der Waals surface area contributed by atoms with Crippen molar-refractivity contribution in [1.29, 1.82) is 0 Å². The highest BCUT2D eigenvalue weighted by Crippen LogP contribution is 2.25. The molecule has 88 valence electrons. The molecule has 0 saturated carbocycles. The maximum absolute atomic E-state index is 4.26. The van der Waals surface area contributed by atoms with Crippen LogP contribution >= 0.6 is 15.9 Å². The van der Waals surface area contributed by atoms with E-state index in [-0.39, 0.29) is 0 Å². The third-order valence-electron chi connectivity index (χ3n) is 3.09. The van der Waals surface area contributed by atoms with Crippen LogP contribution in [0.2, 0.25) is 0 Å². The van der Waals surface area contributed by atoms with Gasteiger partial charge in [0.1, 0.15) is 0 Å². The molecular formula is C12H18BrN3. The van der Waals surface area contributed by atoms with Gasteiger partial charge in [-0.1, -0.05) is 6.92 Å². The molecule has 1 fully saturated rings. The largest absolute Gasteiger partial charge is 0.314 e. The first-order valence-electron chi connectivity index (χ1n) is 5.86. The minimum absolute atomic E-state index is 0.507. The first-order chi connectivity index (χ1) is 7.81. The second-order valence-corrected chi connectivity index (χ2v) is 5.06. The van der Waals surface area contributed by atoms with Crippen molar-refractivity contribution in [3.05, 3.63) is 28.5 Å². The third kappa shape index (κ3) is 2.81. The van der Waals surface area contributed by atoms with Crippen LogP contribution in [-0.2, 0) is 0 Å². The van der Waals surface area contributed by atoms with Crippen molar-refractivity contribution in [1.82, 2.24) is 15.2 Å². The van der Waals surface area contributed by atoms with E-state index in [4.69, 9.17) is 0 Å². The Hall–Kier alpha value is -0.450. The summed E-state index contributed by atoms with van der Waals surface area (Å²) >= 11 is 3.49. The maximum atomic E-state index is 4.26. The van der Waals surface area contributed by atoms with E-state index in [0.29, 0.717) is 6.04 Å². The van der Waals surface area contributed by atoms with Crippen molar-refractivity contribution >= 4 is 15.9 Å². The van der Waals surface area contributed by atoms with Gasteiger partial charge in [0.15, 0.2) is 0 Å². The van der Waals surface area contributed by atoms with Gasteiger partial charge in [0, 0.05) is 49.1 Å². The van der Waals surface area contributed by atoms with Crippen LogP contribution < -0.4 is 5.32 Å². The second kappa shape index (κ2) is 5.75. The molecule has 0 unspecified atom stereocenters. The molecule has 1 aromatic heterocycles. The molecule has 16 heavy (non-hydrogen) atoms. The molecule has 1 atom stereocenters. The number of hydrogen-bond donors (Lipinski definition) is 1. The van der Waals surface area contributed by atoms with E-state index in [1.54, 1.807) is 0 Å². The molecule has 1 aliphatic heterocycles. The Kier molecular flexibility index (Phi) is 4.32. The lowest BCUT2D eigenvalue weighted by Gasteiger charge is -2.34. The number of halogens is 1. The molecule has 3 nitrogen and oxygen atoms in total. The van der Waals surface area contributed by atoms with E-state index in [2.05, 4.69) is 44.1 Å². The lowest BCUT2D eigenvalue weighted by Crippen LogP contribution is -2.45. The molecule has 0 amide bonds. The molecule has 1 aromatic rings. The summed E-state index contributed by atoms with van der Waals surface area (Å²) in [6.07, 6.45) is 4.97. The van der Waals surface area contributed by atoms with Crippen LogP contribution in [-0.4, -0.2) is 36.1 Å². The average Bonchev–Trinajstić information content (AvgIpc) is 2.31. The van der Waals surface area contributed by atoms with Crippen LogP contribution in [0.15, 0.2) is 22.9 Å². The van der Waals surface area contributed by atoms with Gasteiger partial charge in [-0.15, -0.1) is 0 Å². The van der Waals surface area contributed by atoms with Crippen LogP contribution in [0.5, 0.6) is 0 Å². The van der Waals surface area contributed by atoms with Crippen molar-refractivity contribution in [2.24, 2.45) is 0 Å². The van der Waals surface area contributed by atoms with Crippen molar-refractivity contribution in [2.75, 3.05) is 26.2 Å². The van der Waals surface area contributed by atoms with E-state index >= 15 is 0 Å². The van der Waals surface area contributed by atoms with E-state index in [9.17, 15) is 0 Å². The zero-order chi connectivity index (χ0) is 11.4. The van der Waals surface area contributed by atoms with Crippen LogP contribution in [0.4, 0.5) is 0 Å². The average molecular weight is 284 g/mol. The number of piperazine rings is 1. The first-order valence-corrected chi connectivity index (χ1v) is 6.65. The molecule has 0 spiro atoms. The van der Waals surface area contributed by atoms with Crippen molar-refractivity contribution < 1.29 is 0 Å². The molecule has 0 radical (unpaired) electrons. The fourth-order valence-corrected chi connectivity index (χ4v) is 2.69. The van der Waals surface area contributed by atoms with Gasteiger partial charge in [-0.25, -0.2) is 0 Å². The zero-order valence-corrected chi connectivity index (χ0v) is 11.2. The van der Waals surface area contributed by atoms with Crippen molar-refractivity contribution in [2.45, 2.75) is 19.4 Å². The lowest BCUT2D eigenvalue weighted by molar-refractivity contribution is 0.169. The second-order valence-electron chi connectivity index (χ2n) is 4.15. The lowest BCUT2D eigenvalue weighted by atomic mass is 10.0. The Balaban J connectivity index is 2.14. The molecule has 1 saturated heterocycles. The molecule has 0 aliphatic carbocycles. The Morgan fingerprint density at radius 1 is 1.44 bits per heavy atom. The highest BCUT2D eigenvalue weighted by Gasteiger charge is 2.20. The maximum Gasteiger partial charge on any atom is 0.0410 e. The molecular weight excluding hydrogens is 266 g/mol. The van der Waals surface area contributed by atoms with Gasteiger partial charge in [0.2, 0.25) is 0 Å². The normalized spacial score (nSPS) is 19.6. The fraction of sp³-hybridized carbons (Fsp3) is 0.583. The number of hydrogen-bond acceptors (Lipinski definition) is 3. The molecule has 0 aromatic carbocycles. The fourth-order valence-electron chi connectivity index (χ4n) is 2.31. The Bertz CT molecular complexity index is 337. The monoisotopic (exact) mass is 283 g/mol. The third-order valence-corrected chi connectivity index (χ3v) is 3.52. The number of nitrogens with one attached hydrogen (secondary N) is 1. The van der Waals surface area contributed by atoms with Crippen LogP contribution in [0.1, 0.15) is 24.9 Å². The van der Waals surface area contributed by atoms with E-state index in [1.807, 2.05) is 12.4 Å². The summed E-state index contributed by atoms with van der Waals surface area (Å²) in [5.74, 6) is 0. The number of pyridine rings is 1. The quantitative estimate of drug-likeness (QED) is 0.922. The summed E-state index contributed by atoms with van der Waals surface area (Å²) in [7, 11) is 0. The first kappa shape index (κ1) is 12.0. The molecule has 0 bridgehead atoms. The smallest absolute Gasteiger partial charge is 0.0410 e. The summed E-state index contributed by atoms with van der Waals surface area (Å²) in [6, 6.07) is 2.69. The highest BCUT2D eigenvalue weighted by molar-refractivity contribution is 9.10. The molecule has 1 N–H and O–H groups in total.